The van der Waals surface area contributed by atoms with Crippen LogP contribution in [0.1, 0.15) is 24.1 Å². The van der Waals surface area contributed by atoms with Gasteiger partial charge in [-0.05, 0) is 43.0 Å². The van der Waals surface area contributed by atoms with Crippen LogP contribution in [-0.2, 0) is 25.7 Å². The number of cyclic esters (lactones) is 1. The second kappa shape index (κ2) is 9.21. The van der Waals surface area contributed by atoms with E-state index in [2.05, 4.69) is 9.52 Å². The van der Waals surface area contributed by atoms with Gasteiger partial charge in [-0.1, -0.05) is 11.2 Å². The molecule has 11 heteroatoms. The van der Waals surface area contributed by atoms with E-state index in [9.17, 15) is 18.2 Å². The van der Waals surface area contributed by atoms with Crippen molar-refractivity contribution in [1.82, 2.24) is 5.16 Å². The van der Waals surface area contributed by atoms with Crippen LogP contribution in [0.5, 0.6) is 0 Å². The summed E-state index contributed by atoms with van der Waals surface area (Å²) < 4.78 is 41.2. The zero-order chi connectivity index (χ0) is 22.7. The molecule has 0 spiro atoms. The topological polar surface area (TPSA) is 122 Å². The number of carbonyl (C=O) groups is 2. The smallest absolute Gasteiger partial charge is 0.414 e. The summed E-state index contributed by atoms with van der Waals surface area (Å²) in [5.74, 6) is -1.21. The molecule has 9 nitrogen and oxygen atoms in total. The maximum atomic E-state index is 14.9. The maximum absolute atomic E-state index is 14.9. The zero-order valence-corrected chi connectivity index (χ0v) is 17.9. The van der Waals surface area contributed by atoms with Crippen LogP contribution < -0.4 is 4.90 Å². The second-order valence-electron chi connectivity index (χ2n) is 7.58. The predicted octanol–water partition coefficient (Wildman–Crippen LogP) is 2.55. The Morgan fingerprint density at radius 2 is 2.22 bits per heavy atom. The van der Waals surface area contributed by atoms with E-state index in [4.69, 9.17) is 14.4 Å². The number of anilines is 1. The van der Waals surface area contributed by atoms with Crippen LogP contribution in [0.25, 0.3) is 5.57 Å². The van der Waals surface area contributed by atoms with Crippen molar-refractivity contribution in [3.05, 3.63) is 53.7 Å². The van der Waals surface area contributed by atoms with E-state index in [1.165, 1.54) is 17.2 Å². The molecule has 170 valence electrons. The van der Waals surface area contributed by atoms with Crippen molar-refractivity contribution in [2.24, 2.45) is 4.36 Å². The Kier molecular flexibility index (Phi) is 6.38. The number of rotatable bonds is 6. The molecular formula is C21H22FN3O6S. The average Bonchev–Trinajstić information content (AvgIpc) is 3.42. The summed E-state index contributed by atoms with van der Waals surface area (Å²) in [5.41, 5.74) is 2.17. The first kappa shape index (κ1) is 22.2. The lowest BCUT2D eigenvalue weighted by atomic mass is 10.0. The number of hydrogen-bond acceptors (Lipinski definition) is 7. The largest absolute Gasteiger partial charge is 0.444 e. The van der Waals surface area contributed by atoms with E-state index in [-0.39, 0.29) is 24.0 Å². The molecule has 1 aromatic carbocycles. The van der Waals surface area contributed by atoms with E-state index in [0.29, 0.717) is 36.2 Å². The number of hydrogen-bond donors (Lipinski definition) is 1. The molecule has 2 atom stereocenters. The Labute approximate surface area is 184 Å². The third kappa shape index (κ3) is 4.89. The Bertz CT molecular complexity index is 1170. The molecule has 0 bridgehead atoms. The minimum atomic E-state index is -2.77. The van der Waals surface area contributed by atoms with E-state index < -0.39 is 34.2 Å². The number of allylic oxidation sites excluding steroid dienone is 1. The van der Waals surface area contributed by atoms with Gasteiger partial charge in [-0.3, -0.25) is 9.69 Å². The number of benzene rings is 1. The van der Waals surface area contributed by atoms with E-state index in [1.54, 1.807) is 24.3 Å². The second-order valence-corrected chi connectivity index (χ2v) is 10.0. The lowest BCUT2D eigenvalue weighted by Gasteiger charge is -2.19. The van der Waals surface area contributed by atoms with Crippen LogP contribution >= 0.6 is 0 Å². The van der Waals surface area contributed by atoms with Gasteiger partial charge in [0, 0.05) is 17.4 Å². The molecule has 3 heterocycles. The summed E-state index contributed by atoms with van der Waals surface area (Å²) in [7, 11) is -2.77. The molecule has 0 aliphatic carbocycles. The highest BCUT2D eigenvalue weighted by molar-refractivity contribution is 7.94. The monoisotopic (exact) mass is 463 g/mol. The summed E-state index contributed by atoms with van der Waals surface area (Å²) in [6, 6.07) is 6.25. The Balaban J connectivity index is 1.44. The van der Waals surface area contributed by atoms with Crippen LogP contribution in [-0.4, -0.2) is 57.2 Å². The molecule has 1 aromatic heterocycles. The van der Waals surface area contributed by atoms with Crippen LogP contribution in [0.4, 0.5) is 14.9 Å². The third-order valence-corrected chi connectivity index (χ3v) is 7.45. The predicted molar refractivity (Wildman–Crippen MR) is 114 cm³/mol. The molecule has 0 radical (unpaired) electrons. The minimum absolute atomic E-state index is 0.0148. The summed E-state index contributed by atoms with van der Waals surface area (Å²) >= 11 is 0. The summed E-state index contributed by atoms with van der Waals surface area (Å²) in [5, 5.41) is 12.6. The summed E-state index contributed by atoms with van der Waals surface area (Å²) in [6.07, 6.45) is 3.69. The molecule has 2 aliphatic rings. The quantitative estimate of drug-likeness (QED) is 0.698. The fraction of sp³-hybridized carbons (Fsp3) is 0.381. The molecule has 2 aliphatic heterocycles. The van der Waals surface area contributed by atoms with Crippen molar-refractivity contribution < 1.29 is 32.6 Å². The molecule has 1 saturated heterocycles. The Hall–Kier alpha value is -3.05. The average molecular weight is 463 g/mol. The highest BCUT2D eigenvalue weighted by atomic mass is 32.2. The number of aliphatic hydroxyl groups excluding tert-OH is 1. The van der Waals surface area contributed by atoms with Gasteiger partial charge in [-0.25, -0.2) is 13.4 Å². The van der Waals surface area contributed by atoms with Crippen molar-refractivity contribution in [3.63, 3.8) is 0 Å². The van der Waals surface area contributed by atoms with Gasteiger partial charge in [0.25, 0.3) is 5.91 Å². The number of nitrogens with zero attached hydrogens (tertiary/aromatic N) is 3. The highest BCUT2D eigenvalue weighted by Gasteiger charge is 2.32. The van der Waals surface area contributed by atoms with Gasteiger partial charge in [0.15, 0.2) is 0 Å². The lowest BCUT2D eigenvalue weighted by molar-refractivity contribution is -0.120. The van der Waals surface area contributed by atoms with Gasteiger partial charge in [0.05, 0.1) is 33.4 Å². The first-order valence-corrected chi connectivity index (χ1v) is 11.9. The van der Waals surface area contributed by atoms with Crippen molar-refractivity contribution in [3.8, 4) is 0 Å². The molecule has 2 amide bonds. The molecular weight excluding hydrogens is 441 g/mol. The summed E-state index contributed by atoms with van der Waals surface area (Å²) in [4.78, 5) is 24.9. The molecule has 1 N–H and O–H groups in total. The number of aryl methyl sites for hydroxylation is 1. The van der Waals surface area contributed by atoms with Crippen LogP contribution in [0.15, 0.2) is 45.5 Å². The van der Waals surface area contributed by atoms with Gasteiger partial charge >= 0.3 is 6.09 Å². The van der Waals surface area contributed by atoms with Gasteiger partial charge in [0.2, 0.25) is 0 Å². The number of halogens is 1. The van der Waals surface area contributed by atoms with Crippen LogP contribution in [0.2, 0.25) is 0 Å². The van der Waals surface area contributed by atoms with Crippen molar-refractivity contribution in [2.45, 2.75) is 25.4 Å². The highest BCUT2D eigenvalue weighted by Crippen LogP contribution is 2.31. The zero-order valence-electron chi connectivity index (χ0n) is 17.1. The number of aliphatic hydroxyl groups is 1. The first-order chi connectivity index (χ1) is 15.4. The fourth-order valence-electron chi connectivity index (χ4n) is 3.72. The standard InChI is InChI=1S/C21H22FN3O6S/c22-19-11-16(25-12-17(31-21(25)28)3-1-15-5-8-30-23-15)2-4-18(19)14-6-9-32(29,10-7-14)24-20(27)13-26/h2,4-6,8,11,17,26H,1,3,7,9-10,12-13H2/t17-,32?/m0/s1. The SMILES string of the molecule is O=C(CO)N=S1(=O)CC=C(c2ccc(N3C[C@H](CCc4ccon4)OC3=O)cc2F)CC1. The first-order valence-electron chi connectivity index (χ1n) is 10.1. The van der Waals surface area contributed by atoms with Gasteiger partial charge in [0.1, 0.15) is 24.8 Å². The third-order valence-electron chi connectivity index (χ3n) is 5.38. The Morgan fingerprint density at radius 1 is 1.38 bits per heavy atom. The normalized spacial score (nSPS) is 23.1. The number of carbonyl (C=O) groups excluding carboxylic acids is 2. The minimum Gasteiger partial charge on any atom is -0.444 e. The lowest BCUT2D eigenvalue weighted by Crippen LogP contribution is -2.25. The Morgan fingerprint density at radius 3 is 2.88 bits per heavy atom. The number of ether oxygens (including phenoxy) is 1. The molecule has 1 fully saturated rings. The molecule has 1 unspecified atom stereocenters. The van der Waals surface area contributed by atoms with Gasteiger partial charge < -0.3 is 14.4 Å². The maximum Gasteiger partial charge on any atom is 0.414 e. The van der Waals surface area contributed by atoms with Crippen LogP contribution in [0, 0.1) is 5.82 Å². The summed E-state index contributed by atoms with van der Waals surface area (Å²) in [6.45, 7) is -0.482. The molecule has 32 heavy (non-hydrogen) atoms. The van der Waals surface area contributed by atoms with Gasteiger partial charge in [-0.15, -0.1) is 0 Å². The number of aromatic nitrogens is 1. The fourth-order valence-corrected chi connectivity index (χ4v) is 5.48. The van der Waals surface area contributed by atoms with Crippen molar-refractivity contribution in [2.75, 3.05) is 29.6 Å². The van der Waals surface area contributed by atoms with E-state index in [1.807, 2.05) is 0 Å². The van der Waals surface area contributed by atoms with Crippen LogP contribution in [0.3, 0.4) is 0 Å². The van der Waals surface area contributed by atoms with Gasteiger partial charge in [-0.2, -0.15) is 4.36 Å². The molecule has 4 rings (SSSR count). The number of amides is 2. The molecule has 0 saturated carbocycles. The molecule has 2 aromatic rings. The van der Waals surface area contributed by atoms with Crippen molar-refractivity contribution >= 4 is 33.0 Å². The van der Waals surface area contributed by atoms with E-state index >= 15 is 0 Å². The van der Waals surface area contributed by atoms with E-state index in [0.717, 1.165) is 5.69 Å². The van der Waals surface area contributed by atoms with Crippen molar-refractivity contribution in [1.29, 1.82) is 0 Å².